The van der Waals surface area contributed by atoms with E-state index in [9.17, 15) is 0 Å². The van der Waals surface area contributed by atoms with Gasteiger partial charge in [0.15, 0.2) is 4.34 Å². The minimum atomic E-state index is 0.231. The van der Waals surface area contributed by atoms with Gasteiger partial charge in [0.2, 0.25) is 0 Å². The minimum Gasteiger partial charge on any atom is -0.396 e. The lowest BCUT2D eigenvalue weighted by Crippen LogP contribution is -2.31. The van der Waals surface area contributed by atoms with Crippen molar-refractivity contribution in [3.05, 3.63) is 6.33 Å². The van der Waals surface area contributed by atoms with Gasteiger partial charge in [0.25, 0.3) is 0 Å². The van der Waals surface area contributed by atoms with Gasteiger partial charge in [-0.25, -0.2) is 4.98 Å². The van der Waals surface area contributed by atoms with Gasteiger partial charge >= 0.3 is 0 Å². The highest BCUT2D eigenvalue weighted by Gasteiger charge is 2.08. The van der Waals surface area contributed by atoms with Crippen LogP contribution in [0.25, 0.3) is 0 Å². The molecule has 1 aromatic rings. The molecule has 0 aliphatic carbocycles. The molecule has 14 heavy (non-hydrogen) atoms. The Bertz CT molecular complexity index is 225. The van der Waals surface area contributed by atoms with Crippen molar-refractivity contribution in [1.29, 1.82) is 0 Å². The van der Waals surface area contributed by atoms with Crippen LogP contribution in [-0.2, 0) is 0 Å². The fourth-order valence-electron chi connectivity index (χ4n) is 1.09. The topological polar surface area (TPSA) is 58.0 Å². The first kappa shape index (κ1) is 11.9. The van der Waals surface area contributed by atoms with Gasteiger partial charge in [-0.1, -0.05) is 18.7 Å². The summed E-state index contributed by atoms with van der Waals surface area (Å²) < 4.78 is 4.92. The Morgan fingerprint density at radius 3 is 3.14 bits per heavy atom. The fourth-order valence-corrected chi connectivity index (χ4v) is 2.66. The van der Waals surface area contributed by atoms with Crippen LogP contribution in [0.15, 0.2) is 10.7 Å². The van der Waals surface area contributed by atoms with E-state index in [-0.39, 0.29) is 6.61 Å². The average molecular weight is 233 g/mol. The summed E-state index contributed by atoms with van der Waals surface area (Å²) in [5.74, 6) is 0.934. The van der Waals surface area contributed by atoms with Crippen molar-refractivity contribution < 1.29 is 5.11 Å². The molecule has 1 aromatic heterocycles. The summed E-state index contributed by atoms with van der Waals surface area (Å²) in [4.78, 5) is 4.09. The van der Waals surface area contributed by atoms with Gasteiger partial charge in [0, 0.05) is 18.4 Å². The van der Waals surface area contributed by atoms with Crippen LogP contribution in [0.3, 0.4) is 0 Å². The SMILES string of the molecule is CCNC(CCO)CSc1ncns1. The van der Waals surface area contributed by atoms with Crippen molar-refractivity contribution in [2.45, 2.75) is 23.7 Å². The average Bonchev–Trinajstić information content (AvgIpc) is 2.67. The highest BCUT2D eigenvalue weighted by Crippen LogP contribution is 2.19. The number of nitrogens with one attached hydrogen (secondary N) is 1. The van der Waals surface area contributed by atoms with Crippen LogP contribution in [0.4, 0.5) is 0 Å². The zero-order valence-corrected chi connectivity index (χ0v) is 9.77. The summed E-state index contributed by atoms with van der Waals surface area (Å²) in [6, 6.07) is 0.360. The Hall–Kier alpha value is -0.170. The summed E-state index contributed by atoms with van der Waals surface area (Å²) >= 11 is 3.10. The zero-order valence-electron chi connectivity index (χ0n) is 8.14. The van der Waals surface area contributed by atoms with E-state index < -0.39 is 0 Å². The smallest absolute Gasteiger partial charge is 0.169 e. The van der Waals surface area contributed by atoms with Gasteiger partial charge in [-0.2, -0.15) is 4.37 Å². The lowest BCUT2D eigenvalue weighted by molar-refractivity contribution is 0.271. The molecule has 1 unspecified atom stereocenters. The number of aliphatic hydroxyl groups is 1. The van der Waals surface area contributed by atoms with E-state index in [1.807, 2.05) is 0 Å². The third-order valence-corrected chi connectivity index (χ3v) is 3.68. The summed E-state index contributed by atoms with van der Waals surface area (Å²) in [6.45, 7) is 3.23. The minimum absolute atomic E-state index is 0.231. The molecule has 0 saturated carbocycles. The Balaban J connectivity index is 2.25. The molecular formula is C8H15N3OS2. The van der Waals surface area contributed by atoms with Crippen LogP contribution in [0.2, 0.25) is 0 Å². The van der Waals surface area contributed by atoms with E-state index in [2.05, 4.69) is 21.6 Å². The van der Waals surface area contributed by atoms with Crippen molar-refractivity contribution in [3.63, 3.8) is 0 Å². The lowest BCUT2D eigenvalue weighted by Gasteiger charge is -2.14. The monoisotopic (exact) mass is 233 g/mol. The third-order valence-electron chi connectivity index (χ3n) is 1.72. The molecule has 0 spiro atoms. The second-order valence-electron chi connectivity index (χ2n) is 2.79. The number of aromatic nitrogens is 2. The zero-order chi connectivity index (χ0) is 10.2. The Morgan fingerprint density at radius 1 is 1.71 bits per heavy atom. The maximum absolute atomic E-state index is 8.85. The van der Waals surface area contributed by atoms with Crippen LogP contribution in [0.5, 0.6) is 0 Å². The normalized spacial score (nSPS) is 13.0. The van der Waals surface area contributed by atoms with E-state index in [4.69, 9.17) is 5.11 Å². The van der Waals surface area contributed by atoms with Crippen molar-refractivity contribution in [3.8, 4) is 0 Å². The predicted octanol–water partition coefficient (Wildman–Crippen LogP) is 0.991. The van der Waals surface area contributed by atoms with Gasteiger partial charge < -0.3 is 10.4 Å². The van der Waals surface area contributed by atoms with Crippen LogP contribution in [-0.4, -0.2) is 39.4 Å². The van der Waals surface area contributed by atoms with E-state index in [0.29, 0.717) is 6.04 Å². The number of hydrogen-bond donors (Lipinski definition) is 2. The van der Waals surface area contributed by atoms with Crippen molar-refractivity contribution >= 4 is 23.3 Å². The summed E-state index contributed by atoms with van der Waals surface area (Å²) in [5, 5.41) is 12.2. The van der Waals surface area contributed by atoms with E-state index in [1.165, 1.54) is 11.5 Å². The number of thioether (sulfide) groups is 1. The molecule has 1 heterocycles. The summed E-state index contributed by atoms with van der Waals surface area (Å²) in [6.07, 6.45) is 2.36. The van der Waals surface area contributed by atoms with E-state index in [1.54, 1.807) is 18.1 Å². The van der Waals surface area contributed by atoms with Crippen LogP contribution < -0.4 is 5.32 Å². The van der Waals surface area contributed by atoms with Crippen LogP contribution >= 0.6 is 23.3 Å². The molecule has 0 amide bonds. The second kappa shape index (κ2) is 7.17. The standard InChI is InChI=1S/C8H15N3OS2/c1-2-9-7(3-4-12)5-13-8-10-6-11-14-8/h6-7,9,12H,2-5H2,1H3. The van der Waals surface area contributed by atoms with Crippen molar-refractivity contribution in [1.82, 2.24) is 14.7 Å². The molecule has 1 rings (SSSR count). The van der Waals surface area contributed by atoms with Gasteiger partial charge in [-0.15, -0.1) is 0 Å². The molecule has 80 valence electrons. The third kappa shape index (κ3) is 4.36. The largest absolute Gasteiger partial charge is 0.396 e. The molecule has 4 nitrogen and oxygen atoms in total. The van der Waals surface area contributed by atoms with Gasteiger partial charge in [0.05, 0.1) is 0 Å². The number of aliphatic hydroxyl groups excluding tert-OH is 1. The first-order chi connectivity index (χ1) is 6.86. The molecule has 0 saturated heterocycles. The Labute approximate surface area is 92.3 Å². The molecule has 0 radical (unpaired) electrons. The highest BCUT2D eigenvalue weighted by molar-refractivity contribution is 8.00. The van der Waals surface area contributed by atoms with Crippen molar-refractivity contribution in [2.24, 2.45) is 0 Å². The molecule has 2 N–H and O–H groups in total. The summed E-state index contributed by atoms with van der Waals surface area (Å²) in [7, 11) is 0. The first-order valence-electron chi connectivity index (χ1n) is 4.60. The van der Waals surface area contributed by atoms with Crippen LogP contribution in [0.1, 0.15) is 13.3 Å². The van der Waals surface area contributed by atoms with E-state index in [0.717, 1.165) is 23.1 Å². The quantitative estimate of drug-likeness (QED) is 0.688. The molecule has 0 aliphatic heterocycles. The fraction of sp³-hybridized carbons (Fsp3) is 0.750. The molecule has 0 fully saturated rings. The summed E-state index contributed by atoms with van der Waals surface area (Å²) in [5.41, 5.74) is 0. The van der Waals surface area contributed by atoms with E-state index >= 15 is 0 Å². The van der Waals surface area contributed by atoms with Gasteiger partial charge in [0.1, 0.15) is 6.33 Å². The maximum Gasteiger partial charge on any atom is 0.169 e. The molecule has 1 atom stereocenters. The number of rotatable bonds is 7. The highest BCUT2D eigenvalue weighted by atomic mass is 32.2. The maximum atomic E-state index is 8.85. The second-order valence-corrected chi connectivity index (χ2v) is 4.83. The molecule has 0 aliphatic rings. The predicted molar refractivity (Wildman–Crippen MR) is 59.8 cm³/mol. The first-order valence-corrected chi connectivity index (χ1v) is 6.36. The van der Waals surface area contributed by atoms with Crippen LogP contribution in [0, 0.1) is 0 Å². The Morgan fingerprint density at radius 2 is 2.57 bits per heavy atom. The van der Waals surface area contributed by atoms with Crippen molar-refractivity contribution in [2.75, 3.05) is 18.9 Å². The number of nitrogens with zero attached hydrogens (tertiary/aromatic N) is 2. The Kier molecular flexibility index (Phi) is 6.09. The molecule has 0 aromatic carbocycles. The molecule has 6 heteroatoms. The van der Waals surface area contributed by atoms with Gasteiger partial charge in [-0.3, -0.25) is 0 Å². The lowest BCUT2D eigenvalue weighted by atomic mass is 10.2. The number of hydrogen-bond acceptors (Lipinski definition) is 6. The van der Waals surface area contributed by atoms with Gasteiger partial charge in [-0.05, 0) is 24.5 Å². The molecular weight excluding hydrogens is 218 g/mol. The molecule has 0 bridgehead atoms.